The van der Waals surface area contributed by atoms with Gasteiger partial charge in [0.1, 0.15) is 5.70 Å². The molecule has 1 heterocycles. The first-order valence-electron chi connectivity index (χ1n) is 6.30. The summed E-state index contributed by atoms with van der Waals surface area (Å²) in [4.78, 5) is 16.1. The molecule has 1 aliphatic heterocycles. The highest BCUT2D eigenvalue weighted by Crippen LogP contribution is 2.13. The normalized spacial score (nSPS) is 15.9. The monoisotopic (exact) mass is 263 g/mol. The van der Waals surface area contributed by atoms with Crippen LogP contribution in [0.2, 0.25) is 0 Å². The number of hydrogen-bond donors (Lipinski definition) is 2. The Morgan fingerprint density at radius 1 is 0.950 bits per heavy atom. The summed E-state index contributed by atoms with van der Waals surface area (Å²) in [6.07, 6.45) is 1.76. The molecule has 0 radical (unpaired) electrons. The quantitative estimate of drug-likeness (QED) is 0.818. The average Bonchev–Trinajstić information content (AvgIpc) is 2.81. The van der Waals surface area contributed by atoms with Crippen LogP contribution < -0.4 is 10.6 Å². The smallest absolute Gasteiger partial charge is 0.276 e. The number of benzene rings is 2. The SMILES string of the molecule is O=C1NC(Nc2ccccc2)=N/C1=C\c1ccccc1. The number of guanidine groups is 1. The van der Waals surface area contributed by atoms with Crippen molar-refractivity contribution in [3.8, 4) is 0 Å². The molecule has 0 bridgehead atoms. The first-order valence-corrected chi connectivity index (χ1v) is 6.30. The molecule has 0 spiro atoms. The number of carbonyl (C=O) groups excluding carboxylic acids is 1. The fourth-order valence-electron chi connectivity index (χ4n) is 1.89. The molecule has 20 heavy (non-hydrogen) atoms. The van der Waals surface area contributed by atoms with E-state index in [2.05, 4.69) is 15.6 Å². The van der Waals surface area contributed by atoms with E-state index in [1.807, 2.05) is 60.7 Å². The van der Waals surface area contributed by atoms with Crippen LogP contribution in [-0.4, -0.2) is 11.9 Å². The van der Waals surface area contributed by atoms with E-state index in [4.69, 9.17) is 0 Å². The van der Waals surface area contributed by atoms with Crippen LogP contribution in [0.5, 0.6) is 0 Å². The molecule has 2 N–H and O–H groups in total. The van der Waals surface area contributed by atoms with Crippen LogP contribution in [-0.2, 0) is 4.79 Å². The molecule has 98 valence electrons. The standard InChI is InChI=1S/C16H13N3O/c20-15-14(11-12-7-3-1-4-8-12)18-16(19-15)17-13-9-5-2-6-10-13/h1-11H,(H2,17,18,19,20)/b14-11-. The van der Waals surface area contributed by atoms with Gasteiger partial charge in [0.25, 0.3) is 5.91 Å². The Balaban J connectivity index is 1.81. The highest BCUT2D eigenvalue weighted by atomic mass is 16.2. The van der Waals surface area contributed by atoms with Gasteiger partial charge < -0.3 is 5.32 Å². The molecule has 0 aliphatic carbocycles. The molecular formula is C16H13N3O. The third-order valence-corrected chi connectivity index (χ3v) is 2.84. The molecule has 1 amide bonds. The van der Waals surface area contributed by atoms with E-state index in [1.54, 1.807) is 6.08 Å². The second-order valence-electron chi connectivity index (χ2n) is 4.35. The van der Waals surface area contributed by atoms with E-state index in [0.717, 1.165) is 11.3 Å². The predicted molar refractivity (Wildman–Crippen MR) is 80.1 cm³/mol. The minimum Gasteiger partial charge on any atom is -0.326 e. The molecule has 4 nitrogen and oxygen atoms in total. The molecule has 2 aromatic rings. The fraction of sp³-hybridized carbons (Fsp3) is 0. The second-order valence-corrected chi connectivity index (χ2v) is 4.35. The van der Waals surface area contributed by atoms with Crippen LogP contribution in [0.25, 0.3) is 6.08 Å². The molecule has 2 aromatic carbocycles. The molecule has 0 saturated carbocycles. The van der Waals surface area contributed by atoms with Crippen molar-refractivity contribution in [2.45, 2.75) is 0 Å². The van der Waals surface area contributed by atoms with E-state index in [1.165, 1.54) is 0 Å². The molecule has 4 heteroatoms. The number of nitrogens with one attached hydrogen (secondary N) is 2. The van der Waals surface area contributed by atoms with Crippen molar-refractivity contribution in [1.82, 2.24) is 5.32 Å². The van der Waals surface area contributed by atoms with Crippen LogP contribution in [0.1, 0.15) is 5.56 Å². The van der Waals surface area contributed by atoms with Crippen LogP contribution >= 0.6 is 0 Å². The molecule has 3 rings (SSSR count). The fourth-order valence-corrected chi connectivity index (χ4v) is 1.89. The maximum Gasteiger partial charge on any atom is 0.276 e. The number of para-hydroxylation sites is 1. The number of nitrogens with zero attached hydrogens (tertiary/aromatic N) is 1. The number of hydrogen-bond acceptors (Lipinski definition) is 3. The number of anilines is 1. The Bertz CT molecular complexity index is 675. The molecule has 1 aliphatic rings. The minimum absolute atomic E-state index is 0.202. The lowest BCUT2D eigenvalue weighted by atomic mass is 10.2. The highest BCUT2D eigenvalue weighted by Gasteiger charge is 2.19. The van der Waals surface area contributed by atoms with Gasteiger partial charge in [0.2, 0.25) is 5.96 Å². The van der Waals surface area contributed by atoms with Gasteiger partial charge >= 0.3 is 0 Å². The summed E-state index contributed by atoms with van der Waals surface area (Å²) in [5, 5.41) is 5.77. The van der Waals surface area contributed by atoms with Crippen molar-refractivity contribution in [3.63, 3.8) is 0 Å². The van der Waals surface area contributed by atoms with E-state index in [-0.39, 0.29) is 5.91 Å². The van der Waals surface area contributed by atoms with Crippen molar-refractivity contribution in [3.05, 3.63) is 71.9 Å². The molecule has 0 fully saturated rings. The topological polar surface area (TPSA) is 53.5 Å². The lowest BCUT2D eigenvalue weighted by Crippen LogP contribution is -2.29. The lowest BCUT2D eigenvalue weighted by molar-refractivity contribution is -0.115. The Hall–Kier alpha value is -2.88. The zero-order valence-electron chi connectivity index (χ0n) is 10.7. The van der Waals surface area contributed by atoms with Crippen LogP contribution in [0.4, 0.5) is 5.69 Å². The van der Waals surface area contributed by atoms with Crippen molar-refractivity contribution >= 4 is 23.6 Å². The van der Waals surface area contributed by atoms with E-state index >= 15 is 0 Å². The van der Waals surface area contributed by atoms with Gasteiger partial charge in [-0.3, -0.25) is 10.1 Å². The first kappa shape index (κ1) is 12.2. The second kappa shape index (κ2) is 5.40. The highest BCUT2D eigenvalue weighted by molar-refractivity contribution is 6.17. The van der Waals surface area contributed by atoms with Crippen LogP contribution in [0.3, 0.4) is 0 Å². The summed E-state index contributed by atoms with van der Waals surface area (Å²) >= 11 is 0. The summed E-state index contributed by atoms with van der Waals surface area (Å²) < 4.78 is 0. The number of aliphatic imine (C=N–C) groups is 1. The third-order valence-electron chi connectivity index (χ3n) is 2.84. The van der Waals surface area contributed by atoms with Crippen molar-refractivity contribution < 1.29 is 4.79 Å². The average molecular weight is 263 g/mol. The molecular weight excluding hydrogens is 250 g/mol. The molecule has 0 atom stereocenters. The Kier molecular flexibility index (Phi) is 3.29. The maximum atomic E-state index is 11.8. The Labute approximate surface area is 116 Å². The third kappa shape index (κ3) is 2.75. The van der Waals surface area contributed by atoms with Gasteiger partial charge in [-0.25, -0.2) is 4.99 Å². The zero-order chi connectivity index (χ0) is 13.8. The van der Waals surface area contributed by atoms with E-state index in [0.29, 0.717) is 11.7 Å². The van der Waals surface area contributed by atoms with Gasteiger partial charge in [0, 0.05) is 5.69 Å². The Morgan fingerprint density at radius 3 is 2.30 bits per heavy atom. The first-order chi connectivity index (χ1) is 9.81. The van der Waals surface area contributed by atoms with Gasteiger partial charge in [0.05, 0.1) is 0 Å². The van der Waals surface area contributed by atoms with Crippen LogP contribution in [0.15, 0.2) is 71.4 Å². The molecule has 0 saturated heterocycles. The number of rotatable bonds is 2. The Morgan fingerprint density at radius 2 is 1.60 bits per heavy atom. The van der Waals surface area contributed by atoms with E-state index < -0.39 is 0 Å². The molecule has 0 unspecified atom stereocenters. The maximum absolute atomic E-state index is 11.8. The number of carbonyl (C=O) groups is 1. The minimum atomic E-state index is -0.202. The van der Waals surface area contributed by atoms with Crippen molar-refractivity contribution in [2.75, 3.05) is 5.32 Å². The van der Waals surface area contributed by atoms with Crippen LogP contribution in [0, 0.1) is 0 Å². The molecule has 0 aromatic heterocycles. The lowest BCUT2D eigenvalue weighted by Gasteiger charge is -2.03. The van der Waals surface area contributed by atoms with Gasteiger partial charge in [-0.05, 0) is 23.8 Å². The number of amides is 1. The van der Waals surface area contributed by atoms with Gasteiger partial charge in [-0.1, -0.05) is 48.5 Å². The van der Waals surface area contributed by atoms with Crippen molar-refractivity contribution in [1.29, 1.82) is 0 Å². The van der Waals surface area contributed by atoms with E-state index in [9.17, 15) is 4.79 Å². The van der Waals surface area contributed by atoms with Gasteiger partial charge in [-0.2, -0.15) is 0 Å². The summed E-state index contributed by atoms with van der Waals surface area (Å²) in [6, 6.07) is 19.2. The van der Waals surface area contributed by atoms with Crippen molar-refractivity contribution in [2.24, 2.45) is 4.99 Å². The zero-order valence-corrected chi connectivity index (χ0v) is 10.7. The summed E-state index contributed by atoms with van der Waals surface area (Å²) in [6.45, 7) is 0. The summed E-state index contributed by atoms with van der Waals surface area (Å²) in [5.74, 6) is 0.246. The van der Waals surface area contributed by atoms with Gasteiger partial charge in [0.15, 0.2) is 0 Å². The summed E-state index contributed by atoms with van der Waals surface area (Å²) in [5.41, 5.74) is 2.23. The predicted octanol–water partition coefficient (Wildman–Crippen LogP) is 2.63. The summed E-state index contributed by atoms with van der Waals surface area (Å²) in [7, 11) is 0. The van der Waals surface area contributed by atoms with Gasteiger partial charge in [-0.15, -0.1) is 0 Å². The largest absolute Gasteiger partial charge is 0.326 e.